The van der Waals surface area contributed by atoms with Crippen molar-refractivity contribution >= 4 is 23.2 Å². The van der Waals surface area contributed by atoms with Gasteiger partial charge in [0, 0.05) is 29.4 Å². The number of carbonyl (C=O) groups is 2. The number of hydrogen-bond acceptors (Lipinski definition) is 3. The molecule has 3 aromatic rings. The Bertz CT molecular complexity index is 939. The molecule has 0 unspecified atom stereocenters. The third kappa shape index (κ3) is 5.19. The molecule has 0 aliphatic carbocycles. The van der Waals surface area contributed by atoms with Crippen LogP contribution in [0.1, 0.15) is 23.7 Å². The molecule has 0 radical (unpaired) electrons. The lowest BCUT2D eigenvalue weighted by Gasteiger charge is -2.10. The zero-order valence-corrected chi connectivity index (χ0v) is 14.9. The highest BCUT2D eigenvalue weighted by atomic mass is 16.5. The molecule has 0 bridgehead atoms. The SMILES string of the molecule is CCC(=O)Nc1cccc(C(=O)Nc2cccc(Oc3ccccc3)c2)c1. The Kier molecular flexibility index (Phi) is 5.84. The molecular formula is C22H20N2O3. The van der Waals surface area contributed by atoms with E-state index in [1.807, 2.05) is 42.5 Å². The molecule has 0 fully saturated rings. The molecule has 3 aromatic carbocycles. The van der Waals surface area contributed by atoms with Gasteiger partial charge in [-0.15, -0.1) is 0 Å². The summed E-state index contributed by atoms with van der Waals surface area (Å²) in [5, 5.41) is 5.60. The van der Waals surface area contributed by atoms with Crippen molar-refractivity contribution in [2.75, 3.05) is 10.6 Å². The summed E-state index contributed by atoms with van der Waals surface area (Å²) in [4.78, 5) is 24.0. The van der Waals surface area contributed by atoms with Crippen LogP contribution >= 0.6 is 0 Å². The third-order valence-corrected chi connectivity index (χ3v) is 3.80. The van der Waals surface area contributed by atoms with Crippen molar-refractivity contribution in [1.82, 2.24) is 0 Å². The zero-order valence-electron chi connectivity index (χ0n) is 14.9. The molecule has 0 aliphatic heterocycles. The van der Waals surface area contributed by atoms with E-state index in [0.717, 1.165) is 5.75 Å². The van der Waals surface area contributed by atoms with Crippen molar-refractivity contribution in [3.05, 3.63) is 84.4 Å². The average Bonchev–Trinajstić information content (AvgIpc) is 2.69. The first-order chi connectivity index (χ1) is 13.1. The van der Waals surface area contributed by atoms with Crippen LogP contribution in [0.25, 0.3) is 0 Å². The van der Waals surface area contributed by atoms with Crippen molar-refractivity contribution in [2.24, 2.45) is 0 Å². The maximum atomic E-state index is 12.5. The smallest absolute Gasteiger partial charge is 0.255 e. The molecule has 2 N–H and O–H groups in total. The molecule has 0 aliphatic rings. The van der Waals surface area contributed by atoms with Crippen LogP contribution in [-0.4, -0.2) is 11.8 Å². The molecule has 0 saturated heterocycles. The van der Waals surface area contributed by atoms with Gasteiger partial charge in [-0.25, -0.2) is 0 Å². The van der Waals surface area contributed by atoms with Gasteiger partial charge in [0.05, 0.1) is 0 Å². The van der Waals surface area contributed by atoms with Gasteiger partial charge in [0.1, 0.15) is 11.5 Å². The number of amides is 2. The number of carbonyl (C=O) groups excluding carboxylic acids is 2. The summed E-state index contributed by atoms with van der Waals surface area (Å²) in [5.41, 5.74) is 1.67. The van der Waals surface area contributed by atoms with Crippen LogP contribution in [0, 0.1) is 0 Å². The fourth-order valence-electron chi connectivity index (χ4n) is 2.45. The van der Waals surface area contributed by atoms with E-state index in [9.17, 15) is 9.59 Å². The van der Waals surface area contributed by atoms with Gasteiger partial charge in [-0.3, -0.25) is 9.59 Å². The summed E-state index contributed by atoms with van der Waals surface area (Å²) in [6.45, 7) is 1.77. The van der Waals surface area contributed by atoms with E-state index < -0.39 is 0 Å². The first-order valence-electron chi connectivity index (χ1n) is 8.68. The van der Waals surface area contributed by atoms with Crippen LogP contribution in [0.2, 0.25) is 0 Å². The molecular weight excluding hydrogens is 340 g/mol. The Balaban J connectivity index is 1.70. The first-order valence-corrected chi connectivity index (χ1v) is 8.68. The van der Waals surface area contributed by atoms with E-state index in [4.69, 9.17) is 4.74 Å². The second kappa shape index (κ2) is 8.67. The summed E-state index contributed by atoms with van der Waals surface area (Å²) >= 11 is 0. The number of nitrogens with one attached hydrogen (secondary N) is 2. The number of hydrogen-bond donors (Lipinski definition) is 2. The molecule has 0 heterocycles. The normalized spacial score (nSPS) is 10.1. The summed E-state index contributed by atoms with van der Waals surface area (Å²) in [7, 11) is 0. The molecule has 0 aromatic heterocycles. The lowest BCUT2D eigenvalue weighted by Crippen LogP contribution is -2.13. The van der Waals surface area contributed by atoms with Gasteiger partial charge in [0.15, 0.2) is 0 Å². The Hall–Kier alpha value is -3.60. The molecule has 5 heteroatoms. The molecule has 5 nitrogen and oxygen atoms in total. The Morgan fingerprint density at radius 3 is 2.19 bits per heavy atom. The van der Waals surface area contributed by atoms with Crippen LogP contribution in [0.15, 0.2) is 78.9 Å². The highest BCUT2D eigenvalue weighted by molar-refractivity contribution is 6.05. The first kappa shape index (κ1) is 18.2. The number of rotatable bonds is 6. The Morgan fingerprint density at radius 2 is 1.44 bits per heavy atom. The van der Waals surface area contributed by atoms with Gasteiger partial charge in [-0.2, -0.15) is 0 Å². The maximum absolute atomic E-state index is 12.5. The standard InChI is InChI=1S/C22H20N2O3/c1-2-21(25)23-17-9-6-8-16(14-17)22(26)24-18-10-7-13-20(15-18)27-19-11-4-3-5-12-19/h3-15H,2H2,1H3,(H,23,25)(H,24,26). The summed E-state index contributed by atoms with van der Waals surface area (Å²) in [6.07, 6.45) is 0.380. The van der Waals surface area contributed by atoms with E-state index in [-0.39, 0.29) is 11.8 Å². The molecule has 0 spiro atoms. The largest absolute Gasteiger partial charge is 0.457 e. The highest BCUT2D eigenvalue weighted by Crippen LogP contribution is 2.24. The van der Waals surface area contributed by atoms with Crippen LogP contribution in [0.4, 0.5) is 11.4 Å². The van der Waals surface area contributed by atoms with Gasteiger partial charge in [-0.1, -0.05) is 37.3 Å². The summed E-state index contributed by atoms with van der Waals surface area (Å²) in [6, 6.07) is 23.4. The number of benzene rings is 3. The van der Waals surface area contributed by atoms with E-state index in [1.54, 1.807) is 43.3 Å². The van der Waals surface area contributed by atoms with E-state index in [2.05, 4.69) is 10.6 Å². The number of ether oxygens (including phenoxy) is 1. The van der Waals surface area contributed by atoms with Gasteiger partial charge < -0.3 is 15.4 Å². The topological polar surface area (TPSA) is 67.4 Å². The monoisotopic (exact) mass is 360 g/mol. The van der Waals surface area contributed by atoms with Crippen LogP contribution in [-0.2, 0) is 4.79 Å². The van der Waals surface area contributed by atoms with Gasteiger partial charge in [0.25, 0.3) is 5.91 Å². The molecule has 136 valence electrons. The van der Waals surface area contributed by atoms with Gasteiger partial charge in [-0.05, 0) is 42.5 Å². The van der Waals surface area contributed by atoms with Gasteiger partial charge in [0.2, 0.25) is 5.91 Å². The fraction of sp³-hybridized carbons (Fsp3) is 0.0909. The Labute approximate surface area is 158 Å². The minimum Gasteiger partial charge on any atom is -0.457 e. The molecule has 3 rings (SSSR count). The van der Waals surface area contributed by atoms with E-state index >= 15 is 0 Å². The quantitative estimate of drug-likeness (QED) is 0.644. The minimum absolute atomic E-state index is 0.0988. The number of para-hydroxylation sites is 1. The van der Waals surface area contributed by atoms with Crippen LogP contribution < -0.4 is 15.4 Å². The molecule has 0 saturated carbocycles. The average molecular weight is 360 g/mol. The Morgan fingerprint density at radius 1 is 0.778 bits per heavy atom. The van der Waals surface area contributed by atoms with Crippen molar-refractivity contribution in [1.29, 1.82) is 0 Å². The second-order valence-electron chi connectivity index (χ2n) is 5.88. The lowest BCUT2D eigenvalue weighted by atomic mass is 10.1. The van der Waals surface area contributed by atoms with Crippen LogP contribution in [0.3, 0.4) is 0 Å². The zero-order chi connectivity index (χ0) is 19.1. The number of anilines is 2. The van der Waals surface area contributed by atoms with E-state index in [1.165, 1.54) is 0 Å². The predicted octanol–water partition coefficient (Wildman–Crippen LogP) is 5.08. The predicted molar refractivity (Wildman–Crippen MR) is 106 cm³/mol. The van der Waals surface area contributed by atoms with Crippen molar-refractivity contribution < 1.29 is 14.3 Å². The molecule has 0 atom stereocenters. The van der Waals surface area contributed by atoms with Crippen molar-refractivity contribution in [2.45, 2.75) is 13.3 Å². The highest BCUT2D eigenvalue weighted by Gasteiger charge is 2.09. The maximum Gasteiger partial charge on any atom is 0.255 e. The molecule has 2 amide bonds. The van der Waals surface area contributed by atoms with Crippen LogP contribution in [0.5, 0.6) is 11.5 Å². The lowest BCUT2D eigenvalue weighted by molar-refractivity contribution is -0.115. The summed E-state index contributed by atoms with van der Waals surface area (Å²) in [5.74, 6) is 0.987. The fourth-order valence-corrected chi connectivity index (χ4v) is 2.45. The minimum atomic E-state index is -0.264. The van der Waals surface area contributed by atoms with Crippen molar-refractivity contribution in [3.8, 4) is 11.5 Å². The second-order valence-corrected chi connectivity index (χ2v) is 5.88. The van der Waals surface area contributed by atoms with Crippen molar-refractivity contribution in [3.63, 3.8) is 0 Å². The molecule has 27 heavy (non-hydrogen) atoms. The third-order valence-electron chi connectivity index (χ3n) is 3.80. The summed E-state index contributed by atoms with van der Waals surface area (Å²) < 4.78 is 5.78. The van der Waals surface area contributed by atoms with E-state index in [0.29, 0.717) is 29.1 Å². The van der Waals surface area contributed by atoms with Gasteiger partial charge >= 0.3 is 0 Å².